The van der Waals surface area contributed by atoms with Gasteiger partial charge >= 0.3 is 0 Å². The van der Waals surface area contributed by atoms with Crippen LogP contribution in [0.5, 0.6) is 0 Å². The number of nitriles is 1. The third kappa shape index (κ3) is 6.15. The van der Waals surface area contributed by atoms with Crippen molar-refractivity contribution in [3.8, 4) is 6.07 Å². The van der Waals surface area contributed by atoms with E-state index in [1.165, 1.54) is 6.42 Å². The molecule has 0 bridgehead atoms. The average molecular weight is 343 g/mol. The lowest BCUT2D eigenvalue weighted by Crippen LogP contribution is -2.42. The smallest absolute Gasteiger partial charge is 0.241 e. The van der Waals surface area contributed by atoms with Crippen molar-refractivity contribution < 1.29 is 9.53 Å². The van der Waals surface area contributed by atoms with Crippen molar-refractivity contribution in [2.45, 2.75) is 45.6 Å². The molecule has 1 atom stereocenters. The van der Waals surface area contributed by atoms with Crippen LogP contribution in [0.25, 0.3) is 0 Å². The van der Waals surface area contributed by atoms with E-state index in [0.29, 0.717) is 19.5 Å². The monoisotopic (exact) mass is 343 g/mol. The van der Waals surface area contributed by atoms with Crippen molar-refractivity contribution in [1.82, 2.24) is 4.90 Å². The van der Waals surface area contributed by atoms with E-state index in [9.17, 15) is 4.79 Å². The number of aryl methyl sites for hydroxylation is 2. The molecule has 1 heterocycles. The number of hydrogen-bond acceptors (Lipinski definition) is 4. The summed E-state index contributed by atoms with van der Waals surface area (Å²) in [7, 11) is 1.96. The van der Waals surface area contributed by atoms with Crippen molar-refractivity contribution in [2.24, 2.45) is 0 Å². The van der Waals surface area contributed by atoms with Crippen molar-refractivity contribution in [3.63, 3.8) is 0 Å². The maximum Gasteiger partial charge on any atom is 0.241 e. The van der Waals surface area contributed by atoms with Crippen LogP contribution >= 0.6 is 0 Å². The summed E-state index contributed by atoms with van der Waals surface area (Å²) in [5, 5.41) is 8.94. The number of carbonyl (C=O) groups is 1. The van der Waals surface area contributed by atoms with Crippen molar-refractivity contribution >= 4 is 11.6 Å². The van der Waals surface area contributed by atoms with Gasteiger partial charge in [0.1, 0.15) is 0 Å². The van der Waals surface area contributed by atoms with Gasteiger partial charge in [-0.25, -0.2) is 0 Å². The van der Waals surface area contributed by atoms with Crippen LogP contribution in [0.4, 0.5) is 5.69 Å². The van der Waals surface area contributed by atoms with Gasteiger partial charge in [0.2, 0.25) is 5.91 Å². The number of likely N-dealkylation sites (N-methyl/N-ethyl adjacent to an activating group) is 1. The van der Waals surface area contributed by atoms with E-state index in [0.717, 1.165) is 42.8 Å². The highest BCUT2D eigenvalue weighted by Gasteiger charge is 2.21. The number of nitrogens with zero attached hydrogens (tertiary/aromatic N) is 3. The fraction of sp³-hybridized carbons (Fsp3) is 0.600. The molecular weight excluding hydrogens is 314 g/mol. The average Bonchev–Trinajstić information content (AvgIpc) is 2.55. The quantitative estimate of drug-likeness (QED) is 0.763. The summed E-state index contributed by atoms with van der Waals surface area (Å²) in [4.78, 5) is 16.6. The fourth-order valence-corrected chi connectivity index (χ4v) is 3.35. The zero-order valence-electron chi connectivity index (χ0n) is 15.6. The minimum Gasteiger partial charge on any atom is -0.377 e. The van der Waals surface area contributed by atoms with E-state index in [1.54, 1.807) is 4.90 Å². The third-order valence-corrected chi connectivity index (χ3v) is 4.46. The predicted molar refractivity (Wildman–Crippen MR) is 99.6 cm³/mol. The van der Waals surface area contributed by atoms with Gasteiger partial charge in [-0.3, -0.25) is 9.69 Å². The first-order valence-electron chi connectivity index (χ1n) is 9.05. The van der Waals surface area contributed by atoms with Crippen LogP contribution in [0.3, 0.4) is 0 Å². The lowest BCUT2D eigenvalue weighted by atomic mass is 10.1. The summed E-state index contributed by atoms with van der Waals surface area (Å²) >= 11 is 0. The van der Waals surface area contributed by atoms with E-state index in [2.05, 4.69) is 12.1 Å². The Morgan fingerprint density at radius 1 is 1.28 bits per heavy atom. The molecule has 1 aromatic carbocycles. The number of benzene rings is 1. The molecule has 2 rings (SSSR count). The van der Waals surface area contributed by atoms with E-state index in [4.69, 9.17) is 10.00 Å². The van der Waals surface area contributed by atoms with E-state index >= 15 is 0 Å². The summed E-state index contributed by atoms with van der Waals surface area (Å²) in [5.41, 5.74) is 3.11. The minimum absolute atomic E-state index is 0.0264. The first kappa shape index (κ1) is 19.4. The Bertz CT molecular complexity index is 598. The fourth-order valence-electron chi connectivity index (χ4n) is 3.35. The molecule has 1 fully saturated rings. The van der Waals surface area contributed by atoms with Crippen LogP contribution in [-0.4, -0.2) is 50.2 Å². The highest BCUT2D eigenvalue weighted by molar-refractivity contribution is 5.95. The largest absolute Gasteiger partial charge is 0.377 e. The topological polar surface area (TPSA) is 56.6 Å². The van der Waals surface area contributed by atoms with E-state index < -0.39 is 0 Å². The Kier molecular flexibility index (Phi) is 7.42. The molecular formula is C20H29N3O2. The molecule has 0 saturated carbocycles. The number of amides is 1. The van der Waals surface area contributed by atoms with Crippen LogP contribution < -0.4 is 4.90 Å². The van der Waals surface area contributed by atoms with Gasteiger partial charge in [0, 0.05) is 25.4 Å². The van der Waals surface area contributed by atoms with Gasteiger partial charge in [0.25, 0.3) is 0 Å². The highest BCUT2D eigenvalue weighted by Crippen LogP contribution is 2.20. The first-order valence-corrected chi connectivity index (χ1v) is 9.05. The normalized spacial score (nSPS) is 17.3. The highest BCUT2D eigenvalue weighted by atomic mass is 16.5. The zero-order chi connectivity index (χ0) is 18.2. The number of anilines is 1. The van der Waals surface area contributed by atoms with Gasteiger partial charge in [0.05, 0.1) is 25.1 Å². The van der Waals surface area contributed by atoms with E-state index in [-0.39, 0.29) is 12.0 Å². The lowest BCUT2D eigenvalue weighted by Gasteiger charge is -2.29. The number of carbonyl (C=O) groups excluding carboxylic acids is 1. The second-order valence-electron chi connectivity index (χ2n) is 6.98. The van der Waals surface area contributed by atoms with E-state index in [1.807, 2.05) is 37.9 Å². The number of hydrogen-bond donors (Lipinski definition) is 0. The third-order valence-electron chi connectivity index (χ3n) is 4.46. The molecule has 0 aliphatic carbocycles. The Hall–Kier alpha value is -1.90. The standard InChI is InChI=1S/C20H29N3O2/c1-16-11-17(2)13-18(12-16)23(9-6-8-21)20(24)15-22(3)14-19-7-4-5-10-25-19/h11-13,19H,4-7,9-10,14-15H2,1-3H3. The SMILES string of the molecule is Cc1cc(C)cc(N(CCC#N)C(=O)CN(C)CC2CCCCO2)c1. The summed E-state index contributed by atoms with van der Waals surface area (Å²) in [6, 6.07) is 8.24. The maximum absolute atomic E-state index is 12.9. The molecule has 1 unspecified atom stereocenters. The molecule has 5 nitrogen and oxygen atoms in total. The van der Waals surface area contributed by atoms with Gasteiger partial charge in [-0.05, 0) is 63.4 Å². The van der Waals surface area contributed by atoms with Gasteiger partial charge < -0.3 is 9.64 Å². The molecule has 1 aliphatic heterocycles. The molecule has 1 amide bonds. The molecule has 1 aliphatic rings. The number of ether oxygens (including phenoxy) is 1. The van der Waals surface area contributed by atoms with Crippen molar-refractivity contribution in [2.75, 3.05) is 38.2 Å². The number of rotatable bonds is 7. The summed E-state index contributed by atoms with van der Waals surface area (Å²) < 4.78 is 5.76. The molecule has 0 spiro atoms. The molecule has 5 heteroatoms. The second-order valence-corrected chi connectivity index (χ2v) is 6.98. The van der Waals surface area contributed by atoms with Gasteiger partial charge in [-0.15, -0.1) is 0 Å². The molecule has 1 aromatic rings. The minimum atomic E-state index is 0.0264. The zero-order valence-corrected chi connectivity index (χ0v) is 15.6. The van der Waals surface area contributed by atoms with Gasteiger partial charge in [-0.2, -0.15) is 5.26 Å². The van der Waals surface area contributed by atoms with Gasteiger partial charge in [0.15, 0.2) is 0 Å². The van der Waals surface area contributed by atoms with Gasteiger partial charge in [-0.1, -0.05) is 6.07 Å². The molecule has 0 N–H and O–H groups in total. The lowest BCUT2D eigenvalue weighted by molar-refractivity contribution is -0.120. The van der Waals surface area contributed by atoms with Crippen LogP contribution in [0, 0.1) is 25.2 Å². The Morgan fingerprint density at radius 2 is 2.00 bits per heavy atom. The Balaban J connectivity index is 2.03. The van der Waals surface area contributed by atoms with Crippen LogP contribution in [0.2, 0.25) is 0 Å². The Morgan fingerprint density at radius 3 is 2.60 bits per heavy atom. The first-order chi connectivity index (χ1) is 12.0. The predicted octanol–water partition coefficient (Wildman–Crippen LogP) is 3.05. The maximum atomic E-state index is 12.9. The molecule has 0 aromatic heterocycles. The van der Waals surface area contributed by atoms with Crippen LogP contribution in [0.1, 0.15) is 36.8 Å². The van der Waals surface area contributed by atoms with Crippen LogP contribution in [0.15, 0.2) is 18.2 Å². The molecule has 1 saturated heterocycles. The van der Waals surface area contributed by atoms with Crippen molar-refractivity contribution in [3.05, 3.63) is 29.3 Å². The summed E-state index contributed by atoms with van der Waals surface area (Å²) in [6.45, 7) is 6.39. The summed E-state index contributed by atoms with van der Waals surface area (Å²) in [6.07, 6.45) is 3.94. The molecule has 136 valence electrons. The second kappa shape index (κ2) is 9.55. The molecule has 25 heavy (non-hydrogen) atoms. The Labute approximate surface area is 151 Å². The van der Waals surface area contributed by atoms with Crippen LogP contribution in [-0.2, 0) is 9.53 Å². The summed E-state index contributed by atoms with van der Waals surface area (Å²) in [5.74, 6) is 0.0264. The molecule has 0 radical (unpaired) electrons. The van der Waals surface area contributed by atoms with Crippen molar-refractivity contribution in [1.29, 1.82) is 5.26 Å².